The second-order valence-corrected chi connectivity index (χ2v) is 9.58. The predicted molar refractivity (Wildman–Crippen MR) is 119 cm³/mol. The number of esters is 1. The number of carbonyl (C=O) groups excluding carboxylic acids is 3. The maximum absolute atomic E-state index is 13.0. The van der Waals surface area contributed by atoms with Crippen LogP contribution in [0.25, 0.3) is 0 Å². The van der Waals surface area contributed by atoms with E-state index in [1.807, 2.05) is 0 Å². The first-order valence-corrected chi connectivity index (χ1v) is 11.8. The number of piperidine rings is 1. The lowest BCUT2D eigenvalue weighted by molar-refractivity contribution is -0.119. The minimum Gasteiger partial charge on any atom is -0.452 e. The number of hydrogen-bond donors (Lipinski definition) is 1. The smallest absolute Gasteiger partial charge is 0.338 e. The summed E-state index contributed by atoms with van der Waals surface area (Å²) in [5.41, 5.74) is 1.25. The first kappa shape index (κ1) is 23.6. The predicted octanol–water partition coefficient (Wildman–Crippen LogP) is 3.17. The third-order valence-electron chi connectivity index (χ3n) is 5.27. The molecule has 0 saturated carbocycles. The largest absolute Gasteiger partial charge is 0.452 e. The number of carbonyl (C=O) groups is 3. The number of nitrogens with zero attached hydrogens (tertiary/aromatic N) is 1. The molecular formula is C23H26N2O6S. The van der Waals surface area contributed by atoms with Crippen LogP contribution in [0.5, 0.6) is 0 Å². The zero-order chi connectivity index (χ0) is 23.3. The van der Waals surface area contributed by atoms with Gasteiger partial charge in [-0.3, -0.25) is 9.59 Å². The van der Waals surface area contributed by atoms with Gasteiger partial charge in [0.15, 0.2) is 12.4 Å². The quantitative estimate of drug-likeness (QED) is 0.504. The van der Waals surface area contributed by atoms with Crippen molar-refractivity contribution < 1.29 is 27.5 Å². The van der Waals surface area contributed by atoms with Gasteiger partial charge in [-0.1, -0.05) is 24.6 Å². The minimum absolute atomic E-state index is 0.0446. The number of Topliss-reactive ketones (excluding diaryl/α,β-unsaturated/α-hetero) is 1. The molecule has 1 amide bonds. The van der Waals surface area contributed by atoms with E-state index in [4.69, 9.17) is 4.74 Å². The maximum atomic E-state index is 13.0. The van der Waals surface area contributed by atoms with Crippen molar-refractivity contribution in [2.24, 2.45) is 0 Å². The van der Waals surface area contributed by atoms with Crippen molar-refractivity contribution in [2.45, 2.75) is 38.0 Å². The molecule has 0 unspecified atom stereocenters. The molecule has 0 bridgehead atoms. The van der Waals surface area contributed by atoms with Crippen LogP contribution in [-0.4, -0.2) is 50.1 Å². The lowest BCUT2D eigenvalue weighted by Gasteiger charge is -2.26. The third kappa shape index (κ3) is 5.41. The summed E-state index contributed by atoms with van der Waals surface area (Å²) in [6.45, 7) is 3.40. The number of aryl methyl sites for hydroxylation is 1. The highest BCUT2D eigenvalue weighted by atomic mass is 32.2. The van der Waals surface area contributed by atoms with Crippen molar-refractivity contribution in [2.75, 3.05) is 25.0 Å². The van der Waals surface area contributed by atoms with Gasteiger partial charge in [0.2, 0.25) is 10.0 Å². The van der Waals surface area contributed by atoms with Crippen LogP contribution in [0.3, 0.4) is 0 Å². The molecule has 1 N–H and O–H groups in total. The Kier molecular flexibility index (Phi) is 7.42. The average molecular weight is 459 g/mol. The molecule has 8 nitrogen and oxygen atoms in total. The van der Waals surface area contributed by atoms with Gasteiger partial charge in [0.1, 0.15) is 0 Å². The van der Waals surface area contributed by atoms with E-state index in [1.165, 1.54) is 23.4 Å². The zero-order valence-electron chi connectivity index (χ0n) is 18.1. The number of amides is 1. The van der Waals surface area contributed by atoms with Crippen LogP contribution in [0.4, 0.5) is 5.69 Å². The van der Waals surface area contributed by atoms with Gasteiger partial charge >= 0.3 is 5.97 Å². The molecule has 32 heavy (non-hydrogen) atoms. The van der Waals surface area contributed by atoms with E-state index in [2.05, 4.69) is 5.32 Å². The van der Waals surface area contributed by atoms with Crippen molar-refractivity contribution in [1.82, 2.24) is 4.31 Å². The lowest BCUT2D eigenvalue weighted by atomic mass is 10.1. The highest BCUT2D eigenvalue weighted by Crippen LogP contribution is 2.24. The number of para-hydroxylation sites is 1. The molecule has 1 saturated heterocycles. The second-order valence-electron chi connectivity index (χ2n) is 7.67. The van der Waals surface area contributed by atoms with Crippen LogP contribution in [0, 0.1) is 6.92 Å². The molecule has 0 aromatic heterocycles. The molecule has 1 heterocycles. The lowest BCUT2D eigenvalue weighted by Crippen LogP contribution is -2.36. The van der Waals surface area contributed by atoms with E-state index in [0.29, 0.717) is 29.9 Å². The molecule has 1 fully saturated rings. The summed E-state index contributed by atoms with van der Waals surface area (Å²) in [6.07, 6.45) is 2.61. The summed E-state index contributed by atoms with van der Waals surface area (Å²) in [7, 11) is -3.72. The first-order chi connectivity index (χ1) is 15.2. The molecule has 2 aromatic carbocycles. The Morgan fingerprint density at radius 1 is 1.03 bits per heavy atom. The molecule has 1 aliphatic rings. The molecule has 9 heteroatoms. The van der Waals surface area contributed by atoms with E-state index in [-0.39, 0.29) is 16.2 Å². The number of ketones is 1. The van der Waals surface area contributed by atoms with Crippen LogP contribution in [0.2, 0.25) is 0 Å². The van der Waals surface area contributed by atoms with Crippen molar-refractivity contribution in [3.8, 4) is 0 Å². The number of nitrogens with one attached hydrogen (secondary N) is 1. The van der Waals surface area contributed by atoms with Gasteiger partial charge in [-0.25, -0.2) is 13.2 Å². The van der Waals surface area contributed by atoms with Gasteiger partial charge in [-0.15, -0.1) is 0 Å². The van der Waals surface area contributed by atoms with Crippen LogP contribution in [0.1, 0.15) is 52.5 Å². The van der Waals surface area contributed by atoms with Gasteiger partial charge in [-0.05, 0) is 56.5 Å². The summed E-state index contributed by atoms with van der Waals surface area (Å²) in [6, 6.07) is 10.8. The first-order valence-electron chi connectivity index (χ1n) is 10.4. The Morgan fingerprint density at radius 2 is 1.72 bits per heavy atom. The Labute approximate surface area is 187 Å². The Balaban J connectivity index is 1.69. The van der Waals surface area contributed by atoms with E-state index in [0.717, 1.165) is 19.3 Å². The van der Waals surface area contributed by atoms with Gasteiger partial charge in [0.25, 0.3) is 5.91 Å². The molecule has 0 aliphatic carbocycles. The topological polar surface area (TPSA) is 110 Å². The molecule has 0 radical (unpaired) electrons. The highest BCUT2D eigenvalue weighted by molar-refractivity contribution is 7.89. The Bertz CT molecular complexity index is 1140. The number of anilines is 1. The van der Waals surface area contributed by atoms with Crippen molar-refractivity contribution in [3.63, 3.8) is 0 Å². The Hall–Kier alpha value is -3.04. The summed E-state index contributed by atoms with van der Waals surface area (Å²) in [5, 5.41) is 2.55. The monoisotopic (exact) mass is 458 g/mol. The third-order valence-corrected chi connectivity index (χ3v) is 7.31. The molecule has 3 rings (SSSR count). The molecule has 2 aromatic rings. The normalized spacial score (nSPS) is 14.6. The van der Waals surface area contributed by atoms with E-state index in [1.54, 1.807) is 37.3 Å². The molecule has 170 valence electrons. The van der Waals surface area contributed by atoms with Gasteiger partial charge < -0.3 is 10.1 Å². The van der Waals surface area contributed by atoms with E-state index >= 15 is 0 Å². The zero-order valence-corrected chi connectivity index (χ0v) is 18.9. The molecule has 1 aliphatic heterocycles. The number of benzene rings is 2. The fourth-order valence-electron chi connectivity index (χ4n) is 3.55. The summed E-state index contributed by atoms with van der Waals surface area (Å²) in [5.74, 6) is -1.63. The minimum atomic E-state index is -3.72. The summed E-state index contributed by atoms with van der Waals surface area (Å²) < 4.78 is 32.6. The average Bonchev–Trinajstić information content (AvgIpc) is 2.78. The van der Waals surface area contributed by atoms with Crippen LogP contribution >= 0.6 is 0 Å². The SMILES string of the molecule is CC(=O)c1ccccc1NC(=O)COC(=O)c1ccc(C)c(S(=O)(=O)N2CCCCC2)c1. The van der Waals surface area contributed by atoms with Crippen molar-refractivity contribution in [1.29, 1.82) is 0 Å². The fourth-order valence-corrected chi connectivity index (χ4v) is 5.32. The fraction of sp³-hybridized carbons (Fsp3) is 0.348. The van der Waals surface area contributed by atoms with Crippen LogP contribution in [-0.2, 0) is 19.6 Å². The molecule has 0 spiro atoms. The van der Waals surface area contributed by atoms with Crippen LogP contribution < -0.4 is 5.32 Å². The number of hydrogen-bond acceptors (Lipinski definition) is 6. The number of ether oxygens (including phenoxy) is 1. The summed E-state index contributed by atoms with van der Waals surface area (Å²) >= 11 is 0. The van der Waals surface area contributed by atoms with Crippen molar-refractivity contribution in [3.05, 3.63) is 59.2 Å². The molecule has 0 atom stereocenters. The standard InChI is InChI=1S/C23H26N2O6S/c1-16-10-11-18(14-21(16)32(29,30)25-12-6-3-7-13-25)23(28)31-15-22(27)24-20-9-5-4-8-19(20)17(2)26/h4-5,8-11,14H,3,6-7,12-13,15H2,1-2H3,(H,24,27). The van der Waals surface area contributed by atoms with Gasteiger partial charge in [0, 0.05) is 18.7 Å². The van der Waals surface area contributed by atoms with Gasteiger partial charge in [0.05, 0.1) is 16.1 Å². The van der Waals surface area contributed by atoms with E-state index in [9.17, 15) is 22.8 Å². The van der Waals surface area contributed by atoms with E-state index < -0.39 is 28.5 Å². The van der Waals surface area contributed by atoms with Crippen LogP contribution in [0.15, 0.2) is 47.4 Å². The number of sulfonamides is 1. The van der Waals surface area contributed by atoms with Crippen molar-refractivity contribution >= 4 is 33.4 Å². The summed E-state index contributed by atoms with van der Waals surface area (Å²) in [4.78, 5) is 36.4. The second kappa shape index (κ2) is 10.1. The number of rotatable bonds is 7. The molecular weight excluding hydrogens is 432 g/mol. The Morgan fingerprint density at radius 3 is 2.41 bits per heavy atom. The highest BCUT2D eigenvalue weighted by Gasteiger charge is 2.28. The maximum Gasteiger partial charge on any atom is 0.338 e. The van der Waals surface area contributed by atoms with Gasteiger partial charge in [-0.2, -0.15) is 4.31 Å².